The third kappa shape index (κ3) is 4.69. The molecule has 2 amide bonds. The molecule has 8 heteroatoms. The van der Waals surface area contributed by atoms with Crippen LogP contribution in [0.3, 0.4) is 0 Å². The van der Waals surface area contributed by atoms with E-state index in [0.717, 1.165) is 48.1 Å². The smallest absolute Gasteiger partial charge is 0.325 e. The molecule has 0 saturated heterocycles. The van der Waals surface area contributed by atoms with Crippen molar-refractivity contribution in [3.05, 3.63) is 48.8 Å². The van der Waals surface area contributed by atoms with Crippen molar-refractivity contribution in [1.82, 2.24) is 14.9 Å². The zero-order valence-corrected chi connectivity index (χ0v) is 17.8. The molecule has 31 heavy (non-hydrogen) atoms. The average molecular weight is 422 g/mol. The zero-order chi connectivity index (χ0) is 21.8. The Morgan fingerprint density at radius 3 is 2.74 bits per heavy atom. The highest BCUT2D eigenvalue weighted by atomic mass is 16.5. The number of fused-ring (bicyclic) bond motifs is 1. The maximum Gasteiger partial charge on any atom is 0.325 e. The summed E-state index contributed by atoms with van der Waals surface area (Å²) in [5, 5.41) is 6.54. The summed E-state index contributed by atoms with van der Waals surface area (Å²) in [5.74, 6) is 0.709. The normalized spacial score (nSPS) is 13.2. The van der Waals surface area contributed by atoms with Gasteiger partial charge in [-0.25, -0.2) is 9.78 Å². The van der Waals surface area contributed by atoms with E-state index in [-0.39, 0.29) is 17.9 Å². The fraction of sp³-hybridized carbons (Fsp3) is 0.348. The molecule has 1 fully saturated rings. The fourth-order valence-corrected chi connectivity index (χ4v) is 3.60. The minimum atomic E-state index is -0.176. The standard InChI is InChI=1S/C23H27N5O3/c1-24-23(30)28-12-9-17-14-18(6-7-20(17)28)27(11-3-13-31-2)19-8-10-25-21(15-19)26-22(29)16-4-5-16/h6-10,12,14-16H,3-5,11,13H2,1-2H3,(H,24,30)(H,25,26,29). The van der Waals surface area contributed by atoms with Crippen LogP contribution in [0.25, 0.3) is 10.9 Å². The van der Waals surface area contributed by atoms with E-state index in [1.165, 1.54) is 0 Å². The Balaban J connectivity index is 1.64. The lowest BCUT2D eigenvalue weighted by molar-refractivity contribution is -0.117. The summed E-state index contributed by atoms with van der Waals surface area (Å²) in [5.41, 5.74) is 2.76. The Kier molecular flexibility index (Phi) is 6.18. The van der Waals surface area contributed by atoms with Gasteiger partial charge < -0.3 is 20.3 Å². The number of nitrogens with zero attached hydrogens (tertiary/aromatic N) is 3. The number of benzene rings is 1. The van der Waals surface area contributed by atoms with Gasteiger partial charge in [-0.15, -0.1) is 0 Å². The summed E-state index contributed by atoms with van der Waals surface area (Å²) >= 11 is 0. The summed E-state index contributed by atoms with van der Waals surface area (Å²) < 4.78 is 6.83. The third-order valence-electron chi connectivity index (χ3n) is 5.40. The second-order valence-corrected chi connectivity index (χ2v) is 7.64. The molecule has 0 atom stereocenters. The van der Waals surface area contributed by atoms with E-state index in [0.29, 0.717) is 12.4 Å². The first kappa shape index (κ1) is 20.9. The number of nitrogens with one attached hydrogen (secondary N) is 2. The molecule has 1 saturated carbocycles. The van der Waals surface area contributed by atoms with Crippen LogP contribution >= 0.6 is 0 Å². The Morgan fingerprint density at radius 2 is 2.00 bits per heavy atom. The van der Waals surface area contributed by atoms with Crippen molar-refractivity contribution < 1.29 is 14.3 Å². The second-order valence-electron chi connectivity index (χ2n) is 7.64. The van der Waals surface area contributed by atoms with E-state index < -0.39 is 0 Å². The molecule has 0 spiro atoms. The number of carbonyl (C=O) groups excluding carboxylic acids is 2. The molecule has 1 aromatic carbocycles. The molecule has 1 aliphatic carbocycles. The lowest BCUT2D eigenvalue weighted by Crippen LogP contribution is -2.23. The maximum absolute atomic E-state index is 12.1. The fourth-order valence-electron chi connectivity index (χ4n) is 3.60. The van der Waals surface area contributed by atoms with Gasteiger partial charge in [0.05, 0.1) is 5.52 Å². The molecular weight excluding hydrogens is 394 g/mol. The predicted molar refractivity (Wildman–Crippen MR) is 121 cm³/mol. The van der Waals surface area contributed by atoms with E-state index in [1.54, 1.807) is 31.1 Å². The Bertz CT molecular complexity index is 1090. The van der Waals surface area contributed by atoms with Crippen LogP contribution in [0.15, 0.2) is 48.8 Å². The Morgan fingerprint density at radius 1 is 1.19 bits per heavy atom. The first-order valence-corrected chi connectivity index (χ1v) is 10.5. The van der Waals surface area contributed by atoms with Crippen molar-refractivity contribution in [2.24, 2.45) is 5.92 Å². The molecule has 8 nitrogen and oxygen atoms in total. The lowest BCUT2D eigenvalue weighted by atomic mass is 10.2. The van der Waals surface area contributed by atoms with E-state index in [4.69, 9.17) is 4.74 Å². The highest BCUT2D eigenvalue weighted by Gasteiger charge is 2.29. The summed E-state index contributed by atoms with van der Waals surface area (Å²) in [6.07, 6.45) is 6.21. The second kappa shape index (κ2) is 9.18. The number of hydrogen-bond donors (Lipinski definition) is 2. The molecule has 0 aliphatic heterocycles. The first-order valence-electron chi connectivity index (χ1n) is 10.5. The van der Waals surface area contributed by atoms with Gasteiger partial charge in [0.1, 0.15) is 5.82 Å². The van der Waals surface area contributed by atoms with Crippen molar-refractivity contribution in [3.8, 4) is 0 Å². The van der Waals surface area contributed by atoms with Crippen LogP contribution in [0.1, 0.15) is 19.3 Å². The van der Waals surface area contributed by atoms with E-state index in [1.807, 2.05) is 30.3 Å². The number of amides is 2. The third-order valence-corrected chi connectivity index (χ3v) is 5.40. The number of rotatable bonds is 8. The van der Waals surface area contributed by atoms with Crippen LogP contribution in [0.4, 0.5) is 22.0 Å². The molecule has 2 aromatic heterocycles. The van der Waals surface area contributed by atoms with E-state index in [2.05, 4.69) is 26.6 Å². The molecular formula is C23H27N5O3. The van der Waals surface area contributed by atoms with Crippen LogP contribution in [-0.4, -0.2) is 48.8 Å². The van der Waals surface area contributed by atoms with Gasteiger partial charge in [0.15, 0.2) is 0 Å². The van der Waals surface area contributed by atoms with Crippen LogP contribution in [0.2, 0.25) is 0 Å². The summed E-state index contributed by atoms with van der Waals surface area (Å²) in [7, 11) is 3.30. The topological polar surface area (TPSA) is 88.5 Å². The van der Waals surface area contributed by atoms with Gasteiger partial charge in [-0.3, -0.25) is 9.36 Å². The molecule has 0 unspecified atom stereocenters. The number of aromatic nitrogens is 2. The zero-order valence-electron chi connectivity index (χ0n) is 17.8. The largest absolute Gasteiger partial charge is 0.385 e. The number of pyridine rings is 1. The molecule has 3 aromatic rings. The van der Waals surface area contributed by atoms with Crippen LogP contribution < -0.4 is 15.5 Å². The Labute approximate surface area is 181 Å². The SMILES string of the molecule is CNC(=O)n1ccc2cc(N(CCCOC)c3ccnc(NC(=O)C4CC4)c3)ccc21. The quantitative estimate of drug-likeness (QED) is 0.541. The van der Waals surface area contributed by atoms with Gasteiger partial charge in [-0.05, 0) is 49.6 Å². The molecule has 4 rings (SSSR count). The summed E-state index contributed by atoms with van der Waals surface area (Å²) in [6.45, 7) is 1.37. The van der Waals surface area contributed by atoms with Gasteiger partial charge in [0.2, 0.25) is 5.91 Å². The van der Waals surface area contributed by atoms with E-state index >= 15 is 0 Å². The highest BCUT2D eigenvalue weighted by Crippen LogP contribution is 2.32. The highest BCUT2D eigenvalue weighted by molar-refractivity contribution is 5.95. The summed E-state index contributed by atoms with van der Waals surface area (Å²) in [6, 6.07) is 11.6. The molecule has 1 aliphatic rings. The van der Waals surface area contributed by atoms with Crippen molar-refractivity contribution in [1.29, 1.82) is 0 Å². The maximum atomic E-state index is 12.1. The number of carbonyl (C=O) groups is 2. The first-order chi connectivity index (χ1) is 15.1. The predicted octanol–water partition coefficient (Wildman–Crippen LogP) is 3.75. The molecule has 0 radical (unpaired) electrons. The van der Waals surface area contributed by atoms with Gasteiger partial charge in [-0.2, -0.15) is 0 Å². The monoisotopic (exact) mass is 421 g/mol. The molecule has 0 bridgehead atoms. The average Bonchev–Trinajstić information content (AvgIpc) is 3.56. The van der Waals surface area contributed by atoms with E-state index in [9.17, 15) is 9.59 Å². The number of ether oxygens (including phenoxy) is 1. The van der Waals surface area contributed by atoms with Gasteiger partial charge in [0.25, 0.3) is 0 Å². The van der Waals surface area contributed by atoms with Crippen molar-refractivity contribution >= 4 is 40.0 Å². The lowest BCUT2D eigenvalue weighted by Gasteiger charge is -2.25. The van der Waals surface area contributed by atoms with Gasteiger partial charge in [-0.1, -0.05) is 0 Å². The van der Waals surface area contributed by atoms with Crippen molar-refractivity contribution in [2.45, 2.75) is 19.3 Å². The van der Waals surface area contributed by atoms with Gasteiger partial charge in [0, 0.05) is 68.4 Å². The molecule has 2 N–H and O–H groups in total. The molecule has 162 valence electrons. The number of hydrogen-bond acceptors (Lipinski definition) is 5. The molecule has 2 heterocycles. The minimum Gasteiger partial charge on any atom is -0.385 e. The summed E-state index contributed by atoms with van der Waals surface area (Å²) in [4.78, 5) is 30.7. The van der Waals surface area contributed by atoms with Crippen molar-refractivity contribution in [2.75, 3.05) is 37.5 Å². The number of anilines is 3. The van der Waals surface area contributed by atoms with Gasteiger partial charge >= 0.3 is 6.03 Å². The van der Waals surface area contributed by atoms with Crippen LogP contribution in [0, 0.1) is 5.92 Å². The minimum absolute atomic E-state index is 0.0348. The van der Waals surface area contributed by atoms with Crippen molar-refractivity contribution in [3.63, 3.8) is 0 Å². The Hall–Kier alpha value is -3.39. The van der Waals surface area contributed by atoms with Crippen LogP contribution in [-0.2, 0) is 9.53 Å². The van der Waals surface area contributed by atoms with Crippen LogP contribution in [0.5, 0.6) is 0 Å². The number of methoxy groups -OCH3 is 1.